The van der Waals surface area contributed by atoms with Crippen LogP contribution in [-0.2, 0) is 19.5 Å². The van der Waals surface area contributed by atoms with Gasteiger partial charge in [0.05, 0.1) is 11.4 Å². The molecule has 4 rings (SSSR count). The van der Waals surface area contributed by atoms with Crippen molar-refractivity contribution in [3.63, 3.8) is 0 Å². The monoisotopic (exact) mass is 419 g/mol. The zero-order chi connectivity index (χ0) is 21.6. The van der Waals surface area contributed by atoms with Crippen molar-refractivity contribution in [3.05, 3.63) is 65.5 Å². The van der Waals surface area contributed by atoms with Crippen molar-refractivity contribution in [2.75, 3.05) is 13.3 Å². The molecule has 0 saturated heterocycles. The Kier molecular flexibility index (Phi) is 6.92. The van der Waals surface area contributed by atoms with Crippen LogP contribution in [0, 0.1) is 5.92 Å². The van der Waals surface area contributed by atoms with Crippen LogP contribution in [0.25, 0.3) is 11.4 Å². The molecule has 3 aromatic rings. The van der Waals surface area contributed by atoms with E-state index in [1.54, 1.807) is 0 Å². The van der Waals surface area contributed by atoms with Crippen LogP contribution < -0.4 is 9.47 Å². The van der Waals surface area contributed by atoms with E-state index in [-0.39, 0.29) is 0 Å². The topological polar surface area (TPSA) is 50.4 Å². The van der Waals surface area contributed by atoms with Crippen LogP contribution in [-0.4, -0.2) is 28.2 Å². The molecule has 1 N–H and O–H groups in total. The van der Waals surface area contributed by atoms with E-state index in [4.69, 9.17) is 14.5 Å². The molecular formula is C26H33N3O2. The third-order valence-electron chi connectivity index (χ3n) is 5.53. The summed E-state index contributed by atoms with van der Waals surface area (Å²) in [6, 6.07) is 16.7. The Bertz CT molecular complexity index is 982. The first-order valence-corrected chi connectivity index (χ1v) is 11.4. The van der Waals surface area contributed by atoms with Gasteiger partial charge in [-0.05, 0) is 36.5 Å². The van der Waals surface area contributed by atoms with Crippen molar-refractivity contribution in [2.24, 2.45) is 5.92 Å². The van der Waals surface area contributed by atoms with E-state index < -0.39 is 0 Å². The van der Waals surface area contributed by atoms with Crippen molar-refractivity contribution < 1.29 is 9.47 Å². The van der Waals surface area contributed by atoms with E-state index in [1.165, 1.54) is 23.4 Å². The number of aromatic amines is 1. The molecule has 0 aliphatic carbocycles. The van der Waals surface area contributed by atoms with Gasteiger partial charge in [0.1, 0.15) is 5.82 Å². The maximum absolute atomic E-state index is 5.58. The van der Waals surface area contributed by atoms with Crippen LogP contribution in [0.4, 0.5) is 0 Å². The van der Waals surface area contributed by atoms with Crippen molar-refractivity contribution in [1.29, 1.82) is 0 Å². The summed E-state index contributed by atoms with van der Waals surface area (Å²) >= 11 is 0. The molecule has 31 heavy (non-hydrogen) atoms. The minimum atomic E-state index is 0.311. The van der Waals surface area contributed by atoms with E-state index in [2.05, 4.69) is 67.1 Å². The summed E-state index contributed by atoms with van der Waals surface area (Å²) < 4.78 is 11.0. The summed E-state index contributed by atoms with van der Waals surface area (Å²) in [6.07, 6.45) is 3.33. The number of aromatic nitrogens is 2. The lowest BCUT2D eigenvalue weighted by Crippen LogP contribution is -2.27. The van der Waals surface area contributed by atoms with E-state index >= 15 is 0 Å². The highest BCUT2D eigenvalue weighted by Gasteiger charge is 2.18. The molecule has 0 bridgehead atoms. The molecule has 0 spiro atoms. The average molecular weight is 420 g/mol. The van der Waals surface area contributed by atoms with Gasteiger partial charge in [0.25, 0.3) is 0 Å². The van der Waals surface area contributed by atoms with Crippen molar-refractivity contribution in [3.8, 4) is 22.9 Å². The Hall–Kier alpha value is -2.79. The van der Waals surface area contributed by atoms with Crippen molar-refractivity contribution in [2.45, 2.75) is 53.1 Å². The van der Waals surface area contributed by atoms with E-state index in [0.717, 1.165) is 55.4 Å². The van der Waals surface area contributed by atoms with Gasteiger partial charge in [-0.1, -0.05) is 63.6 Å². The van der Waals surface area contributed by atoms with Crippen molar-refractivity contribution >= 4 is 0 Å². The number of aryl methyl sites for hydroxylation is 1. The second-order valence-electron chi connectivity index (χ2n) is 8.73. The predicted octanol–water partition coefficient (Wildman–Crippen LogP) is 5.81. The fourth-order valence-electron chi connectivity index (χ4n) is 4.08. The molecule has 2 aromatic carbocycles. The number of fused-ring (bicyclic) bond motifs is 1. The number of benzene rings is 2. The summed E-state index contributed by atoms with van der Waals surface area (Å²) in [5.41, 5.74) is 4.80. The number of nitrogens with one attached hydrogen (secondary N) is 1. The minimum Gasteiger partial charge on any atom is -0.454 e. The highest BCUT2D eigenvalue weighted by Crippen LogP contribution is 2.33. The van der Waals surface area contributed by atoms with Gasteiger partial charge in [-0.25, -0.2) is 4.98 Å². The van der Waals surface area contributed by atoms with Crippen LogP contribution >= 0.6 is 0 Å². The molecule has 0 unspecified atom stereocenters. The standard InChI is InChI=1S/C26H33N3O2/c1-4-5-11-22-23(28-26(27-22)21-9-7-6-8-10-21)17-29(15-19(2)3)16-20-12-13-24-25(14-20)31-18-30-24/h6-10,12-14,19H,4-5,11,15-18H2,1-3H3,(H,27,28). The highest BCUT2D eigenvalue weighted by molar-refractivity contribution is 5.55. The highest BCUT2D eigenvalue weighted by atomic mass is 16.7. The van der Waals surface area contributed by atoms with Gasteiger partial charge < -0.3 is 14.5 Å². The normalized spacial score (nSPS) is 12.8. The lowest BCUT2D eigenvalue weighted by atomic mass is 10.1. The Balaban J connectivity index is 1.57. The van der Waals surface area contributed by atoms with Gasteiger partial charge in [0.2, 0.25) is 6.79 Å². The van der Waals surface area contributed by atoms with Gasteiger partial charge in [-0.2, -0.15) is 0 Å². The number of hydrogen-bond donors (Lipinski definition) is 1. The van der Waals surface area contributed by atoms with E-state index in [9.17, 15) is 0 Å². The largest absolute Gasteiger partial charge is 0.454 e. The van der Waals surface area contributed by atoms with Crippen molar-refractivity contribution in [1.82, 2.24) is 14.9 Å². The third kappa shape index (κ3) is 5.47. The number of rotatable bonds is 10. The van der Waals surface area contributed by atoms with Gasteiger partial charge in [0, 0.05) is 25.2 Å². The average Bonchev–Trinajstić information content (AvgIpc) is 3.39. The molecule has 1 aliphatic heterocycles. The Morgan fingerprint density at radius 2 is 1.84 bits per heavy atom. The molecule has 0 radical (unpaired) electrons. The molecule has 0 fully saturated rings. The Labute approximate surface area is 185 Å². The van der Waals surface area contributed by atoms with E-state index in [0.29, 0.717) is 12.7 Å². The molecule has 2 heterocycles. The molecule has 1 aliphatic rings. The second kappa shape index (κ2) is 10.0. The molecular weight excluding hydrogens is 386 g/mol. The molecule has 5 nitrogen and oxygen atoms in total. The smallest absolute Gasteiger partial charge is 0.231 e. The SMILES string of the molecule is CCCCc1nc(-c2ccccc2)[nH]c1CN(Cc1ccc2c(c1)OCO2)CC(C)C. The molecule has 164 valence electrons. The van der Waals surface area contributed by atoms with Gasteiger partial charge in [0.15, 0.2) is 11.5 Å². The molecule has 0 saturated carbocycles. The number of nitrogens with zero attached hydrogens (tertiary/aromatic N) is 2. The third-order valence-corrected chi connectivity index (χ3v) is 5.53. The lowest BCUT2D eigenvalue weighted by Gasteiger charge is -2.24. The number of imidazole rings is 1. The predicted molar refractivity (Wildman–Crippen MR) is 124 cm³/mol. The zero-order valence-electron chi connectivity index (χ0n) is 18.9. The molecule has 0 atom stereocenters. The summed E-state index contributed by atoms with van der Waals surface area (Å²) in [5, 5.41) is 0. The first-order valence-electron chi connectivity index (χ1n) is 11.4. The minimum absolute atomic E-state index is 0.311. The van der Waals surface area contributed by atoms with Gasteiger partial charge in [-0.15, -0.1) is 0 Å². The Morgan fingerprint density at radius 3 is 2.61 bits per heavy atom. The second-order valence-corrected chi connectivity index (χ2v) is 8.73. The van der Waals surface area contributed by atoms with Crippen LogP contribution in [0.2, 0.25) is 0 Å². The molecule has 1 aromatic heterocycles. The fourth-order valence-corrected chi connectivity index (χ4v) is 4.08. The first-order chi connectivity index (χ1) is 15.1. The van der Waals surface area contributed by atoms with Gasteiger partial charge in [-0.3, -0.25) is 4.90 Å². The number of unbranched alkanes of at least 4 members (excludes halogenated alkanes) is 1. The maximum atomic E-state index is 5.58. The number of ether oxygens (including phenoxy) is 2. The summed E-state index contributed by atoms with van der Waals surface area (Å²) in [4.78, 5) is 11.1. The maximum Gasteiger partial charge on any atom is 0.231 e. The van der Waals surface area contributed by atoms with Crippen LogP contribution in [0.5, 0.6) is 11.5 Å². The molecule has 0 amide bonds. The molecule has 5 heteroatoms. The summed E-state index contributed by atoms with van der Waals surface area (Å²) in [7, 11) is 0. The quantitative estimate of drug-likeness (QED) is 0.451. The first kappa shape index (κ1) is 21.4. The fraction of sp³-hybridized carbons (Fsp3) is 0.423. The van der Waals surface area contributed by atoms with Crippen LogP contribution in [0.3, 0.4) is 0 Å². The van der Waals surface area contributed by atoms with E-state index in [1.807, 2.05) is 12.1 Å². The van der Waals surface area contributed by atoms with Crippen LogP contribution in [0.1, 0.15) is 50.6 Å². The van der Waals surface area contributed by atoms with Crippen LogP contribution in [0.15, 0.2) is 48.5 Å². The summed E-state index contributed by atoms with van der Waals surface area (Å²) in [6.45, 7) is 9.81. The summed E-state index contributed by atoms with van der Waals surface area (Å²) in [5.74, 6) is 3.22. The zero-order valence-corrected chi connectivity index (χ0v) is 18.9. The Morgan fingerprint density at radius 1 is 1.03 bits per heavy atom. The number of hydrogen-bond acceptors (Lipinski definition) is 4. The van der Waals surface area contributed by atoms with Gasteiger partial charge >= 0.3 is 0 Å². The lowest BCUT2D eigenvalue weighted by molar-refractivity contribution is 0.174. The number of H-pyrrole nitrogens is 1.